The van der Waals surface area contributed by atoms with Crippen LogP contribution in [0.4, 0.5) is 0 Å². The number of nitrogens with zero attached hydrogens (tertiary/aromatic N) is 3. The number of hydrogen-bond donors (Lipinski definition) is 2. The molecule has 4 rings (SSSR count). The number of aliphatic hydroxyl groups is 1. The van der Waals surface area contributed by atoms with Crippen molar-refractivity contribution in [3.05, 3.63) is 81.0 Å². The van der Waals surface area contributed by atoms with Gasteiger partial charge in [-0.15, -0.1) is 0 Å². The lowest BCUT2D eigenvalue weighted by Crippen LogP contribution is -2.29. The molecule has 0 amide bonds. The average molecular weight is 497 g/mol. The molecule has 35 heavy (non-hydrogen) atoms. The second kappa shape index (κ2) is 9.63. The number of nitrogens with one attached hydrogen (secondary N) is 1. The van der Waals surface area contributed by atoms with Gasteiger partial charge in [0.2, 0.25) is 0 Å². The highest BCUT2D eigenvalue weighted by Gasteiger charge is 2.22. The van der Waals surface area contributed by atoms with Crippen LogP contribution in [0.3, 0.4) is 0 Å². The van der Waals surface area contributed by atoms with Gasteiger partial charge in [-0.2, -0.15) is 0 Å². The minimum atomic E-state index is -3.44. The molecule has 0 radical (unpaired) electrons. The van der Waals surface area contributed by atoms with Crippen molar-refractivity contribution < 1.29 is 13.5 Å². The standard InChI is InChI=1S/C25H28N4O5S/c1-16(2)35(33,34)20-11-9-18(10-12-20)22-26-23-21(24(31)27-25(32)28(23)3)29(22)14-13-19(30)15-17-7-5-4-6-8-17/h4-12,16,19,30H,13-15H2,1-3H3,(H,27,31,32). The summed E-state index contributed by atoms with van der Waals surface area (Å²) in [6, 6.07) is 15.9. The quantitative estimate of drug-likeness (QED) is 0.385. The molecule has 2 N–H and O–H groups in total. The molecule has 0 aliphatic heterocycles. The highest BCUT2D eigenvalue weighted by molar-refractivity contribution is 7.92. The van der Waals surface area contributed by atoms with Gasteiger partial charge in [0, 0.05) is 19.2 Å². The highest BCUT2D eigenvalue weighted by atomic mass is 32.2. The molecule has 0 bridgehead atoms. The van der Waals surface area contributed by atoms with Crippen molar-refractivity contribution in [2.75, 3.05) is 0 Å². The average Bonchev–Trinajstić information content (AvgIpc) is 3.22. The Bertz CT molecular complexity index is 1570. The summed E-state index contributed by atoms with van der Waals surface area (Å²) in [5, 5.41) is 10.1. The number of benzene rings is 2. The number of aromatic nitrogens is 4. The van der Waals surface area contributed by atoms with E-state index in [1.807, 2.05) is 30.3 Å². The Morgan fingerprint density at radius 3 is 2.31 bits per heavy atom. The fourth-order valence-corrected chi connectivity index (χ4v) is 5.06. The van der Waals surface area contributed by atoms with E-state index in [0.717, 1.165) is 5.56 Å². The lowest BCUT2D eigenvalue weighted by Gasteiger charge is -2.14. The molecule has 10 heteroatoms. The number of imidazole rings is 1. The summed E-state index contributed by atoms with van der Waals surface area (Å²) < 4.78 is 28.0. The van der Waals surface area contributed by atoms with Crippen molar-refractivity contribution in [2.24, 2.45) is 7.05 Å². The van der Waals surface area contributed by atoms with E-state index in [2.05, 4.69) is 9.97 Å². The van der Waals surface area contributed by atoms with Gasteiger partial charge in [-0.25, -0.2) is 18.2 Å². The van der Waals surface area contributed by atoms with Gasteiger partial charge < -0.3 is 9.67 Å². The van der Waals surface area contributed by atoms with E-state index in [1.54, 1.807) is 30.5 Å². The number of aromatic amines is 1. The van der Waals surface area contributed by atoms with Crippen LogP contribution in [-0.2, 0) is 29.9 Å². The molecule has 184 valence electrons. The fourth-order valence-electron chi connectivity index (χ4n) is 4.00. The summed E-state index contributed by atoms with van der Waals surface area (Å²) in [7, 11) is -1.92. The zero-order valence-electron chi connectivity index (χ0n) is 19.8. The van der Waals surface area contributed by atoms with E-state index in [0.29, 0.717) is 24.2 Å². The predicted octanol–water partition coefficient (Wildman–Crippen LogP) is 2.27. The molecule has 0 fully saturated rings. The SMILES string of the molecule is CC(C)S(=O)(=O)c1ccc(-c2nc3c(c(=O)[nH]c(=O)n3C)n2CCC(O)Cc2ccccc2)cc1. The van der Waals surface area contributed by atoms with Crippen molar-refractivity contribution in [3.63, 3.8) is 0 Å². The van der Waals surface area contributed by atoms with Crippen molar-refractivity contribution in [2.45, 2.75) is 49.5 Å². The van der Waals surface area contributed by atoms with E-state index >= 15 is 0 Å². The Kier molecular flexibility index (Phi) is 6.77. The molecule has 2 aromatic carbocycles. The largest absolute Gasteiger partial charge is 0.393 e. The third kappa shape index (κ3) is 4.85. The lowest BCUT2D eigenvalue weighted by molar-refractivity contribution is 0.159. The van der Waals surface area contributed by atoms with Crippen LogP contribution in [0.1, 0.15) is 25.8 Å². The van der Waals surface area contributed by atoms with Gasteiger partial charge in [-0.3, -0.25) is 14.3 Å². The molecule has 0 saturated heterocycles. The molecule has 0 aliphatic rings. The summed E-state index contributed by atoms with van der Waals surface area (Å²) >= 11 is 0. The number of H-pyrrole nitrogens is 1. The highest BCUT2D eigenvalue weighted by Crippen LogP contribution is 2.26. The first kappa shape index (κ1) is 24.6. The minimum Gasteiger partial charge on any atom is -0.393 e. The first-order chi connectivity index (χ1) is 16.6. The normalized spacial score (nSPS) is 12.9. The Labute approximate surface area is 202 Å². The third-order valence-corrected chi connectivity index (χ3v) is 8.24. The Hall–Kier alpha value is -3.50. The smallest absolute Gasteiger partial charge is 0.329 e. The molecular weight excluding hydrogens is 468 g/mol. The number of aryl methyl sites for hydroxylation is 2. The van der Waals surface area contributed by atoms with Crippen LogP contribution in [0.25, 0.3) is 22.6 Å². The van der Waals surface area contributed by atoms with Crippen LogP contribution >= 0.6 is 0 Å². The van der Waals surface area contributed by atoms with Crippen molar-refractivity contribution in [3.8, 4) is 11.4 Å². The number of fused-ring (bicyclic) bond motifs is 1. The van der Waals surface area contributed by atoms with Gasteiger partial charge >= 0.3 is 5.69 Å². The Morgan fingerprint density at radius 2 is 1.69 bits per heavy atom. The fraction of sp³-hybridized carbons (Fsp3) is 0.320. The maximum atomic E-state index is 12.7. The minimum absolute atomic E-state index is 0.197. The van der Waals surface area contributed by atoms with Gasteiger partial charge in [0.05, 0.1) is 16.2 Å². The lowest BCUT2D eigenvalue weighted by atomic mass is 10.1. The van der Waals surface area contributed by atoms with Crippen LogP contribution in [0.15, 0.2) is 69.1 Å². The Balaban J connectivity index is 1.75. The summed E-state index contributed by atoms with van der Waals surface area (Å²) in [4.78, 5) is 32.0. The molecule has 2 aromatic heterocycles. The summed E-state index contributed by atoms with van der Waals surface area (Å²) in [5.74, 6) is 0.409. The monoisotopic (exact) mass is 496 g/mol. The van der Waals surface area contributed by atoms with E-state index in [4.69, 9.17) is 0 Å². The third-order valence-electron chi connectivity index (χ3n) is 6.07. The van der Waals surface area contributed by atoms with Gasteiger partial charge in [0.1, 0.15) is 5.82 Å². The van der Waals surface area contributed by atoms with Crippen molar-refractivity contribution in [1.82, 2.24) is 19.1 Å². The van der Waals surface area contributed by atoms with Crippen LogP contribution in [0.5, 0.6) is 0 Å². The summed E-state index contributed by atoms with van der Waals surface area (Å²) in [5.41, 5.74) is 0.865. The molecule has 2 heterocycles. The van der Waals surface area contributed by atoms with E-state index < -0.39 is 32.4 Å². The Morgan fingerprint density at radius 1 is 1.03 bits per heavy atom. The van der Waals surface area contributed by atoms with Gasteiger partial charge in [0.25, 0.3) is 5.56 Å². The molecule has 1 atom stereocenters. The summed E-state index contributed by atoms with van der Waals surface area (Å²) in [6.45, 7) is 3.51. The van der Waals surface area contributed by atoms with Crippen molar-refractivity contribution in [1.29, 1.82) is 0 Å². The van der Waals surface area contributed by atoms with E-state index in [9.17, 15) is 23.1 Å². The molecule has 0 aliphatic carbocycles. The zero-order valence-corrected chi connectivity index (χ0v) is 20.6. The number of hydrogen-bond acceptors (Lipinski definition) is 6. The first-order valence-electron chi connectivity index (χ1n) is 11.4. The molecular formula is C25H28N4O5S. The summed E-state index contributed by atoms with van der Waals surface area (Å²) in [6.07, 6.45) is 0.141. The maximum absolute atomic E-state index is 12.7. The van der Waals surface area contributed by atoms with E-state index in [-0.39, 0.29) is 22.6 Å². The van der Waals surface area contributed by atoms with Crippen LogP contribution in [0.2, 0.25) is 0 Å². The second-order valence-electron chi connectivity index (χ2n) is 8.83. The molecule has 0 saturated carbocycles. The van der Waals surface area contributed by atoms with Crippen LogP contribution in [0, 0.1) is 0 Å². The van der Waals surface area contributed by atoms with Crippen molar-refractivity contribution >= 4 is 21.0 Å². The first-order valence-corrected chi connectivity index (χ1v) is 12.9. The predicted molar refractivity (Wildman–Crippen MR) is 134 cm³/mol. The topological polar surface area (TPSA) is 127 Å². The molecule has 9 nitrogen and oxygen atoms in total. The zero-order chi connectivity index (χ0) is 25.3. The van der Waals surface area contributed by atoms with E-state index in [1.165, 1.54) is 23.7 Å². The molecule has 1 unspecified atom stereocenters. The number of rotatable bonds is 8. The molecule has 4 aromatic rings. The number of aliphatic hydroxyl groups excluding tert-OH is 1. The van der Waals surface area contributed by atoms with Crippen LogP contribution < -0.4 is 11.2 Å². The second-order valence-corrected chi connectivity index (χ2v) is 11.3. The molecule has 0 spiro atoms. The van der Waals surface area contributed by atoms with Gasteiger partial charge in [-0.05, 0) is 56.5 Å². The van der Waals surface area contributed by atoms with Crippen LogP contribution in [-0.4, -0.2) is 44.0 Å². The maximum Gasteiger partial charge on any atom is 0.329 e. The van der Waals surface area contributed by atoms with Gasteiger partial charge in [-0.1, -0.05) is 30.3 Å². The van der Waals surface area contributed by atoms with Gasteiger partial charge in [0.15, 0.2) is 21.0 Å². The number of sulfone groups is 1.